The Labute approximate surface area is 161 Å². The van der Waals surface area contributed by atoms with Gasteiger partial charge in [0.15, 0.2) is 0 Å². The summed E-state index contributed by atoms with van der Waals surface area (Å²) in [5.41, 5.74) is 4.75. The predicted molar refractivity (Wildman–Crippen MR) is 105 cm³/mol. The third kappa shape index (κ3) is 3.13. The summed E-state index contributed by atoms with van der Waals surface area (Å²) < 4.78 is 13.3. The second-order valence-electron chi connectivity index (χ2n) is 7.33. The van der Waals surface area contributed by atoms with Gasteiger partial charge in [0.1, 0.15) is 17.8 Å². The number of halogens is 1. The van der Waals surface area contributed by atoms with E-state index in [1.54, 1.807) is 23.4 Å². The first-order valence-electron chi connectivity index (χ1n) is 9.52. The molecule has 1 saturated carbocycles. The first-order chi connectivity index (χ1) is 13.7. The van der Waals surface area contributed by atoms with E-state index in [1.807, 2.05) is 0 Å². The number of hydrogen-bond donors (Lipinski definition) is 2. The van der Waals surface area contributed by atoms with Gasteiger partial charge in [-0.2, -0.15) is 0 Å². The molecule has 1 fully saturated rings. The lowest BCUT2D eigenvalue weighted by atomic mass is 9.99. The van der Waals surface area contributed by atoms with Gasteiger partial charge in [-0.15, -0.1) is 0 Å². The smallest absolute Gasteiger partial charge is 0.322 e. The Morgan fingerprint density at radius 2 is 2.18 bits per heavy atom. The molecule has 1 aliphatic carbocycles. The summed E-state index contributed by atoms with van der Waals surface area (Å²) in [4.78, 5) is 26.4. The zero-order chi connectivity index (χ0) is 19.1. The molecule has 1 aromatic carbocycles. The van der Waals surface area contributed by atoms with Crippen LogP contribution in [0.25, 0.3) is 16.6 Å². The van der Waals surface area contributed by atoms with E-state index in [9.17, 15) is 9.18 Å². The van der Waals surface area contributed by atoms with E-state index in [4.69, 9.17) is 0 Å². The quantitative estimate of drug-likeness (QED) is 0.715. The number of amides is 2. The lowest BCUT2D eigenvalue weighted by Crippen LogP contribution is -2.38. The Bertz CT molecular complexity index is 1090. The van der Waals surface area contributed by atoms with Gasteiger partial charge in [-0.3, -0.25) is 0 Å². The Balaban J connectivity index is 1.35. The van der Waals surface area contributed by atoms with Gasteiger partial charge in [-0.25, -0.2) is 19.2 Å². The maximum atomic E-state index is 13.3. The molecule has 2 amide bonds. The lowest BCUT2D eigenvalue weighted by molar-refractivity contribution is 0.217. The van der Waals surface area contributed by atoms with E-state index < -0.39 is 0 Å². The second-order valence-corrected chi connectivity index (χ2v) is 7.33. The average Bonchev–Trinajstić information content (AvgIpc) is 3.46. The molecular weight excluding hydrogens is 357 g/mol. The topological polar surface area (TPSA) is 73.9 Å². The van der Waals surface area contributed by atoms with Crippen LogP contribution in [0.2, 0.25) is 0 Å². The zero-order valence-corrected chi connectivity index (χ0v) is 15.3. The maximum absolute atomic E-state index is 13.3. The number of rotatable bonds is 3. The molecule has 28 heavy (non-hydrogen) atoms. The van der Waals surface area contributed by atoms with E-state index in [-0.39, 0.29) is 11.8 Å². The van der Waals surface area contributed by atoms with Crippen LogP contribution in [0.3, 0.4) is 0 Å². The molecule has 0 radical (unpaired) electrons. The van der Waals surface area contributed by atoms with Crippen molar-refractivity contribution in [3.8, 4) is 0 Å². The van der Waals surface area contributed by atoms with Crippen molar-refractivity contribution in [1.82, 2.24) is 19.9 Å². The van der Waals surface area contributed by atoms with E-state index >= 15 is 0 Å². The van der Waals surface area contributed by atoms with E-state index in [1.165, 1.54) is 30.5 Å². The number of benzene rings is 1. The van der Waals surface area contributed by atoms with Crippen LogP contribution < -0.4 is 5.32 Å². The SMILES string of the molecule is O=C(Nc1cccc(F)c1)N1CC=C(c2ncnc3[nH]cc(C4CC4)c23)CC1. The fraction of sp³-hybridized carbons (Fsp3) is 0.286. The van der Waals surface area contributed by atoms with Crippen LogP contribution >= 0.6 is 0 Å². The molecule has 2 aromatic heterocycles. The van der Waals surface area contributed by atoms with Crippen LogP contribution in [0.15, 0.2) is 42.9 Å². The fourth-order valence-electron chi connectivity index (χ4n) is 3.78. The molecule has 0 bridgehead atoms. The Morgan fingerprint density at radius 1 is 1.29 bits per heavy atom. The van der Waals surface area contributed by atoms with E-state index in [0.29, 0.717) is 24.7 Å². The molecule has 0 atom stereocenters. The minimum absolute atomic E-state index is 0.228. The highest BCUT2D eigenvalue weighted by molar-refractivity contribution is 5.93. The van der Waals surface area contributed by atoms with E-state index in [0.717, 1.165) is 28.7 Å². The summed E-state index contributed by atoms with van der Waals surface area (Å²) in [6, 6.07) is 5.69. The van der Waals surface area contributed by atoms with Crippen molar-refractivity contribution >= 4 is 28.3 Å². The van der Waals surface area contributed by atoms with Crippen LogP contribution in [-0.4, -0.2) is 39.0 Å². The molecule has 6 nitrogen and oxygen atoms in total. The predicted octanol–water partition coefficient (Wildman–Crippen LogP) is 4.30. The molecule has 0 saturated heterocycles. The van der Waals surface area contributed by atoms with Crippen molar-refractivity contribution in [2.24, 2.45) is 0 Å². The highest BCUT2D eigenvalue weighted by Crippen LogP contribution is 2.44. The Kier molecular flexibility index (Phi) is 4.07. The molecule has 0 unspecified atom stereocenters. The summed E-state index contributed by atoms with van der Waals surface area (Å²) in [7, 11) is 0. The molecule has 2 N–H and O–H groups in total. The van der Waals surface area contributed by atoms with Crippen molar-refractivity contribution < 1.29 is 9.18 Å². The average molecular weight is 377 g/mol. The summed E-state index contributed by atoms with van der Waals surface area (Å²) in [6.45, 7) is 1.08. The minimum atomic E-state index is -0.371. The second kappa shape index (κ2) is 6.74. The van der Waals surface area contributed by atoms with Gasteiger partial charge in [0.25, 0.3) is 0 Å². The van der Waals surface area contributed by atoms with Crippen LogP contribution in [0, 0.1) is 5.82 Å². The van der Waals surface area contributed by atoms with Crippen molar-refractivity contribution in [2.45, 2.75) is 25.2 Å². The highest BCUT2D eigenvalue weighted by atomic mass is 19.1. The molecule has 2 aliphatic rings. The summed E-state index contributed by atoms with van der Waals surface area (Å²) in [6.07, 6.45) is 8.86. The fourth-order valence-corrected chi connectivity index (χ4v) is 3.78. The zero-order valence-electron chi connectivity index (χ0n) is 15.3. The number of hydrogen-bond acceptors (Lipinski definition) is 3. The molecule has 1 aliphatic heterocycles. The highest BCUT2D eigenvalue weighted by Gasteiger charge is 2.29. The number of aromatic nitrogens is 3. The van der Waals surface area contributed by atoms with Gasteiger partial charge in [-0.05, 0) is 54.5 Å². The number of fused-ring (bicyclic) bond motifs is 1. The van der Waals surface area contributed by atoms with Crippen LogP contribution in [0.1, 0.15) is 36.4 Å². The number of carbonyl (C=O) groups excluding carboxylic acids is 1. The minimum Gasteiger partial charge on any atom is -0.346 e. The molecule has 142 valence electrons. The number of anilines is 1. The Morgan fingerprint density at radius 3 is 2.93 bits per heavy atom. The van der Waals surface area contributed by atoms with Gasteiger partial charge in [0.2, 0.25) is 0 Å². The van der Waals surface area contributed by atoms with Gasteiger partial charge in [0, 0.05) is 30.4 Å². The lowest BCUT2D eigenvalue weighted by Gasteiger charge is -2.26. The summed E-state index contributed by atoms with van der Waals surface area (Å²) in [5.74, 6) is 0.237. The maximum Gasteiger partial charge on any atom is 0.322 e. The largest absolute Gasteiger partial charge is 0.346 e. The van der Waals surface area contributed by atoms with Crippen LogP contribution in [0.5, 0.6) is 0 Å². The van der Waals surface area contributed by atoms with Gasteiger partial charge in [0.05, 0.1) is 5.69 Å². The third-order valence-corrected chi connectivity index (χ3v) is 5.39. The third-order valence-electron chi connectivity index (χ3n) is 5.39. The molecule has 0 spiro atoms. The summed E-state index contributed by atoms with van der Waals surface area (Å²) >= 11 is 0. The van der Waals surface area contributed by atoms with Crippen LogP contribution in [0.4, 0.5) is 14.9 Å². The van der Waals surface area contributed by atoms with E-state index in [2.05, 4.69) is 32.5 Å². The number of urea groups is 1. The first kappa shape index (κ1) is 16.9. The van der Waals surface area contributed by atoms with Gasteiger partial charge >= 0.3 is 6.03 Å². The Hall–Kier alpha value is -3.22. The van der Waals surface area contributed by atoms with Gasteiger partial charge < -0.3 is 15.2 Å². The van der Waals surface area contributed by atoms with Crippen molar-refractivity contribution in [3.63, 3.8) is 0 Å². The number of carbonyl (C=O) groups is 1. The normalized spacial score (nSPS) is 16.9. The van der Waals surface area contributed by atoms with Gasteiger partial charge in [-0.1, -0.05) is 12.1 Å². The molecule has 7 heteroatoms. The molecular formula is C21H20FN5O. The molecule has 3 aromatic rings. The van der Waals surface area contributed by atoms with Crippen LogP contribution in [-0.2, 0) is 0 Å². The van der Waals surface area contributed by atoms with Crippen molar-refractivity contribution in [2.75, 3.05) is 18.4 Å². The number of aromatic amines is 1. The van der Waals surface area contributed by atoms with Crippen molar-refractivity contribution in [3.05, 3.63) is 59.9 Å². The number of nitrogens with one attached hydrogen (secondary N) is 2. The number of H-pyrrole nitrogens is 1. The summed E-state index contributed by atoms with van der Waals surface area (Å²) in [5, 5.41) is 3.87. The first-order valence-corrected chi connectivity index (χ1v) is 9.52. The monoisotopic (exact) mass is 377 g/mol. The molecule has 3 heterocycles. The molecule has 5 rings (SSSR count). The van der Waals surface area contributed by atoms with Crippen molar-refractivity contribution in [1.29, 1.82) is 0 Å². The number of nitrogens with zero attached hydrogens (tertiary/aromatic N) is 3. The standard InChI is InChI=1S/C21H20FN5O/c22-15-2-1-3-16(10-15)26-21(28)27-8-6-14(7-9-27)19-18-17(13-4-5-13)11-23-20(18)25-12-24-19/h1-3,6,10-13H,4-5,7-9H2,(H,26,28)(H,23,24,25).